The number of rotatable bonds is 5. The summed E-state index contributed by atoms with van der Waals surface area (Å²) in [6.07, 6.45) is -1.58. The molecule has 0 aliphatic carbocycles. The van der Waals surface area contributed by atoms with Crippen molar-refractivity contribution in [3.8, 4) is 0 Å². The Kier molecular flexibility index (Phi) is 4.95. The van der Waals surface area contributed by atoms with Gasteiger partial charge in [0.25, 0.3) is 0 Å². The van der Waals surface area contributed by atoms with Gasteiger partial charge in [0.1, 0.15) is 24.1 Å². The van der Waals surface area contributed by atoms with Gasteiger partial charge in [0.2, 0.25) is 0 Å². The van der Waals surface area contributed by atoms with Crippen LogP contribution in [0.2, 0.25) is 0 Å². The molecule has 3 rings (SSSR count). The number of aliphatic hydroxyl groups excluding tert-OH is 3. The number of anilines is 2. The molecular weight excluding hydrogens is 326 g/mol. The first-order valence-electron chi connectivity index (χ1n) is 7.75. The van der Waals surface area contributed by atoms with E-state index < -0.39 is 36.8 Å². The fourth-order valence-electron chi connectivity index (χ4n) is 2.71. The number of aliphatic hydroxyl groups is 3. The lowest BCUT2D eigenvalue weighted by Gasteiger charge is -2.17. The van der Waals surface area contributed by atoms with Crippen molar-refractivity contribution in [1.29, 1.82) is 0 Å². The van der Waals surface area contributed by atoms with Gasteiger partial charge in [-0.1, -0.05) is 30.9 Å². The average molecular weight is 345 g/mol. The Bertz CT molecular complexity index is 822. The number of benzene rings is 1. The SMILES string of the molecule is C=Cc1ccccc1Nc1ccn([C@@H]2O[C@H](CO)[C@@H](O)[C@H]2O)c(=O)n1. The summed E-state index contributed by atoms with van der Waals surface area (Å²) in [6, 6.07) is 8.97. The summed E-state index contributed by atoms with van der Waals surface area (Å²) in [7, 11) is 0. The van der Waals surface area contributed by atoms with Crippen molar-refractivity contribution < 1.29 is 20.1 Å². The monoisotopic (exact) mass is 345 g/mol. The zero-order valence-corrected chi connectivity index (χ0v) is 13.3. The third-order valence-electron chi connectivity index (χ3n) is 4.06. The maximum absolute atomic E-state index is 12.3. The molecule has 1 aliphatic heterocycles. The Morgan fingerprint density at radius 3 is 2.68 bits per heavy atom. The molecule has 1 aromatic heterocycles. The molecule has 0 saturated carbocycles. The number of aromatic nitrogens is 2. The summed E-state index contributed by atoms with van der Waals surface area (Å²) < 4.78 is 6.41. The zero-order chi connectivity index (χ0) is 18.0. The molecule has 4 atom stereocenters. The first-order chi connectivity index (χ1) is 12.0. The van der Waals surface area contributed by atoms with Gasteiger partial charge < -0.3 is 25.4 Å². The Morgan fingerprint density at radius 1 is 1.28 bits per heavy atom. The molecule has 1 fully saturated rings. The second-order valence-corrected chi connectivity index (χ2v) is 5.65. The minimum atomic E-state index is -1.34. The maximum Gasteiger partial charge on any atom is 0.351 e. The molecular formula is C17H19N3O5. The molecule has 8 nitrogen and oxygen atoms in total. The molecule has 25 heavy (non-hydrogen) atoms. The van der Waals surface area contributed by atoms with Gasteiger partial charge in [-0.15, -0.1) is 0 Å². The second-order valence-electron chi connectivity index (χ2n) is 5.65. The number of nitrogens with one attached hydrogen (secondary N) is 1. The summed E-state index contributed by atoms with van der Waals surface area (Å²) in [4.78, 5) is 16.2. The van der Waals surface area contributed by atoms with Gasteiger partial charge in [-0.3, -0.25) is 4.57 Å². The van der Waals surface area contributed by atoms with Crippen molar-refractivity contribution in [2.24, 2.45) is 0 Å². The lowest BCUT2D eigenvalue weighted by atomic mass is 10.1. The molecule has 0 bridgehead atoms. The number of hydrogen-bond acceptors (Lipinski definition) is 7. The highest BCUT2D eigenvalue weighted by Crippen LogP contribution is 2.28. The van der Waals surface area contributed by atoms with Crippen molar-refractivity contribution >= 4 is 17.6 Å². The van der Waals surface area contributed by atoms with Gasteiger partial charge in [0.15, 0.2) is 6.23 Å². The number of nitrogens with zero attached hydrogens (tertiary/aromatic N) is 2. The lowest BCUT2D eigenvalue weighted by molar-refractivity contribution is -0.0549. The highest BCUT2D eigenvalue weighted by atomic mass is 16.6. The molecule has 2 aromatic rings. The van der Waals surface area contributed by atoms with Crippen molar-refractivity contribution in [1.82, 2.24) is 9.55 Å². The van der Waals surface area contributed by atoms with Crippen molar-refractivity contribution in [3.05, 3.63) is 59.2 Å². The zero-order valence-electron chi connectivity index (χ0n) is 13.3. The first kappa shape index (κ1) is 17.3. The largest absolute Gasteiger partial charge is 0.394 e. The van der Waals surface area contributed by atoms with Crippen LogP contribution in [0.25, 0.3) is 6.08 Å². The summed E-state index contributed by atoms with van der Waals surface area (Å²) in [6.45, 7) is 3.27. The Morgan fingerprint density at radius 2 is 2.04 bits per heavy atom. The normalized spacial score (nSPS) is 25.7. The van der Waals surface area contributed by atoms with E-state index in [0.717, 1.165) is 15.8 Å². The molecule has 2 heterocycles. The number of para-hydroxylation sites is 1. The van der Waals surface area contributed by atoms with Crippen LogP contribution in [0, 0.1) is 0 Å². The van der Waals surface area contributed by atoms with Crippen LogP contribution in [-0.4, -0.2) is 49.8 Å². The van der Waals surface area contributed by atoms with E-state index in [9.17, 15) is 15.0 Å². The smallest absolute Gasteiger partial charge is 0.351 e. The summed E-state index contributed by atoms with van der Waals surface area (Å²) in [5.41, 5.74) is 0.947. The molecule has 0 radical (unpaired) electrons. The Balaban J connectivity index is 1.84. The van der Waals surface area contributed by atoms with E-state index in [1.165, 1.54) is 6.20 Å². The van der Waals surface area contributed by atoms with Gasteiger partial charge in [0, 0.05) is 11.9 Å². The highest BCUT2D eigenvalue weighted by Gasteiger charge is 2.43. The fraction of sp³-hybridized carbons (Fsp3) is 0.294. The summed E-state index contributed by atoms with van der Waals surface area (Å²) >= 11 is 0. The van der Waals surface area contributed by atoms with Gasteiger partial charge in [-0.25, -0.2) is 4.79 Å². The van der Waals surface area contributed by atoms with Crippen LogP contribution in [0.1, 0.15) is 11.8 Å². The van der Waals surface area contributed by atoms with Gasteiger partial charge >= 0.3 is 5.69 Å². The molecule has 0 unspecified atom stereocenters. The van der Waals surface area contributed by atoms with Crippen LogP contribution in [0.3, 0.4) is 0 Å². The number of hydrogen-bond donors (Lipinski definition) is 4. The van der Waals surface area contributed by atoms with Crippen LogP contribution in [0.5, 0.6) is 0 Å². The van der Waals surface area contributed by atoms with Crippen LogP contribution < -0.4 is 11.0 Å². The third kappa shape index (κ3) is 3.33. The third-order valence-corrected chi connectivity index (χ3v) is 4.06. The maximum atomic E-state index is 12.3. The highest BCUT2D eigenvalue weighted by molar-refractivity contribution is 5.69. The van der Waals surface area contributed by atoms with E-state index in [4.69, 9.17) is 9.84 Å². The van der Waals surface area contributed by atoms with Crippen molar-refractivity contribution in [2.45, 2.75) is 24.5 Å². The summed E-state index contributed by atoms with van der Waals surface area (Å²) in [5, 5.41) is 32.0. The van der Waals surface area contributed by atoms with Gasteiger partial charge in [0.05, 0.1) is 6.61 Å². The van der Waals surface area contributed by atoms with Gasteiger partial charge in [-0.2, -0.15) is 4.98 Å². The molecule has 132 valence electrons. The average Bonchev–Trinajstić information content (AvgIpc) is 2.90. The second kappa shape index (κ2) is 7.16. The van der Waals surface area contributed by atoms with Crippen LogP contribution >= 0.6 is 0 Å². The van der Waals surface area contributed by atoms with Crippen molar-refractivity contribution in [3.63, 3.8) is 0 Å². The number of ether oxygens (including phenoxy) is 1. The van der Waals surface area contributed by atoms with E-state index >= 15 is 0 Å². The van der Waals surface area contributed by atoms with Crippen LogP contribution in [-0.2, 0) is 4.74 Å². The fourth-order valence-corrected chi connectivity index (χ4v) is 2.71. The van der Waals surface area contributed by atoms with E-state index in [0.29, 0.717) is 5.82 Å². The summed E-state index contributed by atoms with van der Waals surface area (Å²) in [5.74, 6) is 0.322. The van der Waals surface area contributed by atoms with Gasteiger partial charge in [-0.05, 0) is 17.7 Å². The predicted octanol–water partition coefficient (Wildman–Crippen LogP) is 0.241. The molecule has 1 saturated heterocycles. The van der Waals surface area contributed by atoms with E-state index in [1.807, 2.05) is 24.3 Å². The molecule has 4 N–H and O–H groups in total. The first-order valence-corrected chi connectivity index (χ1v) is 7.75. The van der Waals surface area contributed by atoms with Crippen LogP contribution in [0.4, 0.5) is 11.5 Å². The Labute approximate surface area is 143 Å². The molecule has 0 spiro atoms. The molecule has 1 aliphatic rings. The van der Waals surface area contributed by atoms with E-state index in [2.05, 4.69) is 16.9 Å². The molecule has 0 amide bonds. The minimum Gasteiger partial charge on any atom is -0.394 e. The standard InChI is InChI=1S/C17H19N3O5/c1-2-10-5-3-4-6-11(10)18-13-7-8-20(17(24)19-13)16-15(23)14(22)12(9-21)25-16/h2-8,12,14-16,21-23H,1,9H2,(H,18,19,24)/t12-,14-,15-,16-/m1/s1. The lowest BCUT2D eigenvalue weighted by Crippen LogP contribution is -2.36. The topological polar surface area (TPSA) is 117 Å². The minimum absolute atomic E-state index is 0.322. The quantitative estimate of drug-likeness (QED) is 0.613. The Hall–Kier alpha value is -2.52. The van der Waals surface area contributed by atoms with E-state index in [-0.39, 0.29) is 0 Å². The van der Waals surface area contributed by atoms with E-state index in [1.54, 1.807) is 12.1 Å². The van der Waals surface area contributed by atoms with Crippen LogP contribution in [0.15, 0.2) is 47.9 Å². The molecule has 1 aromatic carbocycles. The molecule has 8 heteroatoms. The van der Waals surface area contributed by atoms with Crippen molar-refractivity contribution in [2.75, 3.05) is 11.9 Å². The predicted molar refractivity (Wildman–Crippen MR) is 91.3 cm³/mol.